The molecule has 0 N–H and O–H groups in total. The maximum atomic E-state index is 14.1. The number of amides is 1. The third-order valence-electron chi connectivity index (χ3n) is 4.86. The molecule has 1 fully saturated rings. The Balaban J connectivity index is 1.70. The molecule has 26 heavy (non-hydrogen) atoms. The number of hydrogen-bond donors (Lipinski definition) is 0. The van der Waals surface area contributed by atoms with Gasteiger partial charge in [0.1, 0.15) is 11.3 Å². The molecule has 0 aliphatic heterocycles. The highest BCUT2D eigenvalue weighted by atomic mass is 32.1. The number of nitrogens with zero attached hydrogens (tertiary/aromatic N) is 3. The predicted molar refractivity (Wildman–Crippen MR) is 102 cm³/mol. The van der Waals surface area contributed by atoms with Gasteiger partial charge in [0.05, 0.1) is 16.9 Å². The van der Waals surface area contributed by atoms with Gasteiger partial charge in [-0.05, 0) is 37.1 Å². The molecule has 134 valence electrons. The van der Waals surface area contributed by atoms with Crippen LogP contribution in [0.3, 0.4) is 0 Å². The number of fused-ring (bicyclic) bond motifs is 1. The van der Waals surface area contributed by atoms with Crippen molar-refractivity contribution in [1.29, 1.82) is 0 Å². The Morgan fingerprint density at radius 2 is 2.00 bits per heavy atom. The van der Waals surface area contributed by atoms with E-state index in [0.717, 1.165) is 36.1 Å². The second-order valence-corrected chi connectivity index (χ2v) is 7.67. The zero-order chi connectivity index (χ0) is 17.9. The van der Waals surface area contributed by atoms with E-state index in [-0.39, 0.29) is 17.6 Å². The van der Waals surface area contributed by atoms with Crippen molar-refractivity contribution in [3.05, 3.63) is 54.1 Å². The van der Waals surface area contributed by atoms with Gasteiger partial charge in [-0.2, -0.15) is 0 Å². The SMILES string of the molecule is O=C(C1CCCCC1)N(Cc1ccccn1)c1nc2c(F)cccc2s1. The van der Waals surface area contributed by atoms with Crippen LogP contribution in [0, 0.1) is 11.7 Å². The summed E-state index contributed by atoms with van der Waals surface area (Å²) >= 11 is 1.36. The van der Waals surface area contributed by atoms with E-state index < -0.39 is 0 Å². The zero-order valence-corrected chi connectivity index (χ0v) is 15.2. The second kappa shape index (κ2) is 7.50. The molecule has 2 aromatic heterocycles. The molecule has 1 saturated carbocycles. The summed E-state index contributed by atoms with van der Waals surface area (Å²) in [5, 5.41) is 0.548. The molecule has 6 heteroatoms. The molecule has 0 spiro atoms. The molecular weight excluding hydrogens is 349 g/mol. The molecule has 2 heterocycles. The van der Waals surface area contributed by atoms with Crippen LogP contribution >= 0.6 is 11.3 Å². The van der Waals surface area contributed by atoms with Gasteiger partial charge in [0.15, 0.2) is 5.13 Å². The Morgan fingerprint density at radius 1 is 1.15 bits per heavy atom. The summed E-state index contributed by atoms with van der Waals surface area (Å²) in [6.07, 6.45) is 6.91. The molecule has 4 nitrogen and oxygen atoms in total. The minimum Gasteiger partial charge on any atom is -0.282 e. The van der Waals surface area contributed by atoms with Crippen molar-refractivity contribution >= 4 is 32.6 Å². The highest BCUT2D eigenvalue weighted by Crippen LogP contribution is 2.34. The van der Waals surface area contributed by atoms with E-state index in [4.69, 9.17) is 0 Å². The maximum Gasteiger partial charge on any atom is 0.232 e. The van der Waals surface area contributed by atoms with Crippen LogP contribution in [0.1, 0.15) is 37.8 Å². The van der Waals surface area contributed by atoms with Gasteiger partial charge in [0.25, 0.3) is 0 Å². The lowest BCUT2D eigenvalue weighted by Gasteiger charge is -2.27. The van der Waals surface area contributed by atoms with Crippen molar-refractivity contribution in [3.63, 3.8) is 0 Å². The van der Waals surface area contributed by atoms with E-state index in [1.807, 2.05) is 24.3 Å². The van der Waals surface area contributed by atoms with Gasteiger partial charge in [-0.25, -0.2) is 9.37 Å². The van der Waals surface area contributed by atoms with Crippen molar-refractivity contribution in [2.24, 2.45) is 5.92 Å². The summed E-state index contributed by atoms with van der Waals surface area (Å²) in [6.45, 7) is 0.359. The maximum absolute atomic E-state index is 14.1. The number of rotatable bonds is 4. The lowest BCUT2D eigenvalue weighted by atomic mass is 9.88. The molecule has 0 saturated heterocycles. The first-order valence-corrected chi connectivity index (χ1v) is 9.80. The van der Waals surface area contributed by atoms with E-state index >= 15 is 0 Å². The summed E-state index contributed by atoms with van der Waals surface area (Å²) in [7, 11) is 0. The lowest BCUT2D eigenvalue weighted by Crippen LogP contribution is -2.36. The fourth-order valence-corrected chi connectivity index (χ4v) is 4.47. The normalized spacial score (nSPS) is 15.3. The van der Waals surface area contributed by atoms with Crippen molar-refractivity contribution < 1.29 is 9.18 Å². The molecule has 0 bridgehead atoms. The fraction of sp³-hybridized carbons (Fsp3) is 0.350. The average molecular weight is 369 g/mol. The number of carbonyl (C=O) groups excluding carboxylic acids is 1. The van der Waals surface area contributed by atoms with Crippen LogP contribution in [0.4, 0.5) is 9.52 Å². The second-order valence-electron chi connectivity index (χ2n) is 6.66. The molecule has 4 rings (SSSR count). The van der Waals surface area contributed by atoms with Crippen molar-refractivity contribution in [1.82, 2.24) is 9.97 Å². The lowest BCUT2D eigenvalue weighted by molar-refractivity contribution is -0.123. The highest BCUT2D eigenvalue weighted by Gasteiger charge is 2.29. The first kappa shape index (κ1) is 17.1. The van der Waals surface area contributed by atoms with Crippen LogP contribution in [0.15, 0.2) is 42.6 Å². The number of thiazole rings is 1. The summed E-state index contributed by atoms with van der Waals surface area (Å²) in [5.74, 6) is -0.257. The van der Waals surface area contributed by atoms with Gasteiger partial charge >= 0.3 is 0 Å². The molecular formula is C20H20FN3OS. The molecule has 0 unspecified atom stereocenters. The molecule has 1 amide bonds. The van der Waals surface area contributed by atoms with E-state index in [2.05, 4.69) is 9.97 Å². The monoisotopic (exact) mass is 369 g/mol. The molecule has 3 aromatic rings. The standard InChI is InChI=1S/C20H20FN3OS/c21-16-10-6-11-17-18(16)23-20(26-17)24(13-15-9-4-5-12-22-15)19(25)14-7-2-1-3-8-14/h4-6,9-12,14H,1-3,7-8,13H2. The van der Waals surface area contributed by atoms with Gasteiger partial charge in [-0.1, -0.05) is 42.7 Å². The average Bonchev–Trinajstić information content (AvgIpc) is 3.12. The van der Waals surface area contributed by atoms with Crippen LogP contribution < -0.4 is 4.90 Å². The quantitative estimate of drug-likeness (QED) is 0.654. The van der Waals surface area contributed by atoms with E-state index in [9.17, 15) is 9.18 Å². The molecule has 1 aliphatic carbocycles. The van der Waals surface area contributed by atoms with Crippen LogP contribution in [-0.4, -0.2) is 15.9 Å². The first-order chi connectivity index (χ1) is 12.7. The Labute approximate surface area is 155 Å². The zero-order valence-electron chi connectivity index (χ0n) is 14.4. The van der Waals surface area contributed by atoms with Crippen LogP contribution in [0.5, 0.6) is 0 Å². The summed E-state index contributed by atoms with van der Waals surface area (Å²) in [5.41, 5.74) is 1.13. The van der Waals surface area contributed by atoms with E-state index in [0.29, 0.717) is 17.2 Å². The molecule has 0 atom stereocenters. The summed E-state index contributed by atoms with van der Waals surface area (Å²) in [4.78, 5) is 23.7. The van der Waals surface area contributed by atoms with Crippen LogP contribution in [-0.2, 0) is 11.3 Å². The highest BCUT2D eigenvalue weighted by molar-refractivity contribution is 7.22. The van der Waals surface area contributed by atoms with Gasteiger partial charge in [0, 0.05) is 12.1 Å². The number of aromatic nitrogens is 2. The number of benzene rings is 1. The minimum absolute atomic E-state index is 0.0179. The van der Waals surface area contributed by atoms with Crippen molar-refractivity contribution in [3.8, 4) is 0 Å². The molecule has 1 aliphatic rings. The molecule has 0 radical (unpaired) electrons. The van der Waals surface area contributed by atoms with Crippen molar-refractivity contribution in [2.75, 3.05) is 4.90 Å². The topological polar surface area (TPSA) is 46.1 Å². The van der Waals surface area contributed by atoms with Gasteiger partial charge < -0.3 is 0 Å². The van der Waals surface area contributed by atoms with Crippen molar-refractivity contribution in [2.45, 2.75) is 38.6 Å². The van der Waals surface area contributed by atoms with Crippen LogP contribution in [0.25, 0.3) is 10.2 Å². The largest absolute Gasteiger partial charge is 0.282 e. The van der Waals surface area contributed by atoms with E-state index in [1.54, 1.807) is 17.2 Å². The number of halogens is 1. The fourth-order valence-electron chi connectivity index (χ4n) is 3.48. The first-order valence-electron chi connectivity index (χ1n) is 8.99. The Morgan fingerprint density at radius 3 is 2.73 bits per heavy atom. The van der Waals surface area contributed by atoms with E-state index in [1.165, 1.54) is 23.8 Å². The smallest absolute Gasteiger partial charge is 0.232 e. The van der Waals surface area contributed by atoms with Gasteiger partial charge in [0.2, 0.25) is 5.91 Å². The van der Waals surface area contributed by atoms with Gasteiger partial charge in [-0.3, -0.25) is 14.7 Å². The Hall–Kier alpha value is -2.34. The number of pyridine rings is 1. The number of anilines is 1. The summed E-state index contributed by atoms with van der Waals surface area (Å²) in [6, 6.07) is 10.6. The number of hydrogen-bond acceptors (Lipinski definition) is 4. The Kier molecular flexibility index (Phi) is 4.93. The summed E-state index contributed by atoms with van der Waals surface area (Å²) < 4.78 is 14.8. The minimum atomic E-state index is -0.354. The van der Waals surface area contributed by atoms with Crippen LogP contribution in [0.2, 0.25) is 0 Å². The third kappa shape index (κ3) is 3.46. The predicted octanol–water partition coefficient (Wildman–Crippen LogP) is 4.94. The van der Waals surface area contributed by atoms with Gasteiger partial charge in [-0.15, -0.1) is 0 Å². The number of para-hydroxylation sites is 1. The third-order valence-corrected chi connectivity index (χ3v) is 5.90. The number of carbonyl (C=O) groups is 1. The molecule has 1 aromatic carbocycles. The Bertz CT molecular complexity index is 906.